The lowest BCUT2D eigenvalue weighted by atomic mass is 10.2. The van der Waals surface area contributed by atoms with Crippen LogP contribution in [0.1, 0.15) is 11.1 Å². The van der Waals surface area contributed by atoms with E-state index in [0.29, 0.717) is 0 Å². The van der Waals surface area contributed by atoms with Crippen LogP contribution in [-0.4, -0.2) is 22.7 Å². The molecule has 1 aromatic heterocycles. The van der Waals surface area contributed by atoms with Crippen LogP contribution in [0.5, 0.6) is 0 Å². The molecule has 0 saturated heterocycles. The summed E-state index contributed by atoms with van der Waals surface area (Å²) in [5.41, 5.74) is 2.56. The van der Waals surface area contributed by atoms with Crippen molar-refractivity contribution in [2.75, 3.05) is 0 Å². The van der Waals surface area contributed by atoms with Crippen LogP contribution in [0.3, 0.4) is 0 Å². The number of rotatable bonds is 0. The lowest BCUT2D eigenvalue weighted by Crippen LogP contribution is -1.78. The normalized spacial score (nSPS) is 8.00. The van der Waals surface area contributed by atoms with Crippen LogP contribution in [0.25, 0.3) is 0 Å². The Morgan fingerprint density at radius 2 is 1.82 bits per heavy atom. The van der Waals surface area contributed by atoms with Crippen molar-refractivity contribution in [3.63, 3.8) is 0 Å². The zero-order valence-corrected chi connectivity index (χ0v) is 6.65. The molecular formula is C7H11BNO2. The smallest absolute Gasteiger partial charge is 0.429 e. The van der Waals surface area contributed by atoms with Crippen molar-refractivity contribution in [1.82, 2.24) is 4.98 Å². The largest absolute Gasteiger partial charge is 0.482 e. The van der Waals surface area contributed by atoms with E-state index in [2.05, 4.69) is 18.8 Å². The van der Waals surface area contributed by atoms with Crippen LogP contribution in [0.4, 0.5) is 0 Å². The van der Waals surface area contributed by atoms with E-state index >= 15 is 0 Å². The van der Waals surface area contributed by atoms with Gasteiger partial charge in [0.15, 0.2) is 0 Å². The summed E-state index contributed by atoms with van der Waals surface area (Å²) in [6.45, 7) is 4.14. The molecule has 59 valence electrons. The van der Waals surface area contributed by atoms with Gasteiger partial charge in [0.1, 0.15) is 0 Å². The van der Waals surface area contributed by atoms with Gasteiger partial charge in [-0.2, -0.15) is 0 Å². The fourth-order valence-electron chi connectivity index (χ4n) is 0.543. The van der Waals surface area contributed by atoms with Gasteiger partial charge < -0.3 is 10.0 Å². The number of aryl methyl sites for hydroxylation is 2. The Morgan fingerprint density at radius 3 is 2.09 bits per heavy atom. The molecule has 0 unspecified atom stereocenters. The molecule has 0 aliphatic heterocycles. The molecule has 4 heteroatoms. The van der Waals surface area contributed by atoms with Crippen LogP contribution < -0.4 is 0 Å². The fraction of sp³-hybridized carbons (Fsp3) is 0.286. The summed E-state index contributed by atoms with van der Waals surface area (Å²) in [4.78, 5) is 3.95. The number of aromatic nitrogens is 1. The second-order valence-corrected chi connectivity index (χ2v) is 2.08. The van der Waals surface area contributed by atoms with Crippen molar-refractivity contribution < 1.29 is 10.0 Å². The quantitative estimate of drug-likeness (QED) is 0.522. The molecule has 11 heavy (non-hydrogen) atoms. The summed E-state index contributed by atoms with van der Waals surface area (Å²) in [7, 11) is 0. The first-order chi connectivity index (χ1) is 5.22. The van der Waals surface area contributed by atoms with Crippen LogP contribution in [0.2, 0.25) is 0 Å². The minimum atomic E-state index is 0. The van der Waals surface area contributed by atoms with Gasteiger partial charge in [0, 0.05) is 12.4 Å². The van der Waals surface area contributed by atoms with Crippen molar-refractivity contribution in [1.29, 1.82) is 0 Å². The predicted octanol–water partition coefficient (Wildman–Crippen LogP) is 0.204. The predicted molar refractivity (Wildman–Crippen MR) is 43.9 cm³/mol. The second kappa shape index (κ2) is 5.89. The zero-order valence-electron chi connectivity index (χ0n) is 6.65. The van der Waals surface area contributed by atoms with Gasteiger partial charge in [-0.15, -0.1) is 0 Å². The topological polar surface area (TPSA) is 53.4 Å². The Bertz CT molecular complexity index is 184. The van der Waals surface area contributed by atoms with Gasteiger partial charge >= 0.3 is 7.69 Å². The minimum absolute atomic E-state index is 0. The highest BCUT2D eigenvalue weighted by molar-refractivity contribution is 6.13. The van der Waals surface area contributed by atoms with Crippen LogP contribution in [-0.2, 0) is 0 Å². The molecule has 0 aliphatic carbocycles. The molecule has 1 heterocycles. The highest BCUT2D eigenvalue weighted by Crippen LogP contribution is 2.00. The highest BCUT2D eigenvalue weighted by Gasteiger charge is 1.84. The Morgan fingerprint density at radius 1 is 1.27 bits per heavy atom. The SMILES string of the molecule is Cc1ccncc1C.O[B]O. The first-order valence-electron chi connectivity index (χ1n) is 3.19. The molecule has 0 atom stereocenters. The van der Waals surface area contributed by atoms with E-state index in [1.54, 1.807) is 0 Å². The molecule has 0 aromatic carbocycles. The van der Waals surface area contributed by atoms with Crippen molar-refractivity contribution in [3.05, 3.63) is 29.6 Å². The molecule has 1 aromatic rings. The molecule has 1 rings (SSSR count). The molecule has 0 spiro atoms. The van der Waals surface area contributed by atoms with Crippen LogP contribution >= 0.6 is 0 Å². The van der Waals surface area contributed by atoms with Crippen molar-refractivity contribution in [2.24, 2.45) is 0 Å². The fourth-order valence-corrected chi connectivity index (χ4v) is 0.543. The van der Waals surface area contributed by atoms with Gasteiger partial charge in [-0.1, -0.05) is 0 Å². The Kier molecular flexibility index (Phi) is 5.42. The number of hydrogen-bond acceptors (Lipinski definition) is 3. The van der Waals surface area contributed by atoms with E-state index < -0.39 is 0 Å². The van der Waals surface area contributed by atoms with Crippen molar-refractivity contribution in [3.8, 4) is 0 Å². The summed E-state index contributed by atoms with van der Waals surface area (Å²) in [6.07, 6.45) is 3.68. The number of pyridine rings is 1. The maximum atomic E-state index is 7.00. The van der Waals surface area contributed by atoms with Gasteiger partial charge in [0.2, 0.25) is 0 Å². The molecule has 3 nitrogen and oxygen atoms in total. The molecule has 0 saturated carbocycles. The molecule has 2 N–H and O–H groups in total. The molecule has 0 fully saturated rings. The van der Waals surface area contributed by atoms with Gasteiger partial charge in [-0.25, -0.2) is 0 Å². The number of nitrogens with zero attached hydrogens (tertiary/aromatic N) is 1. The summed E-state index contributed by atoms with van der Waals surface area (Å²) in [5.74, 6) is 0. The summed E-state index contributed by atoms with van der Waals surface area (Å²) in [6, 6.07) is 2.01. The van der Waals surface area contributed by atoms with E-state index in [-0.39, 0.29) is 7.69 Å². The maximum absolute atomic E-state index is 7.00. The number of hydrogen-bond donors (Lipinski definition) is 2. The summed E-state index contributed by atoms with van der Waals surface area (Å²) >= 11 is 0. The van der Waals surface area contributed by atoms with E-state index in [0.717, 1.165) is 0 Å². The van der Waals surface area contributed by atoms with Gasteiger partial charge in [0.25, 0.3) is 0 Å². The van der Waals surface area contributed by atoms with E-state index in [9.17, 15) is 0 Å². The highest BCUT2D eigenvalue weighted by atomic mass is 16.4. The van der Waals surface area contributed by atoms with Gasteiger partial charge in [-0.3, -0.25) is 4.98 Å². The minimum Gasteiger partial charge on any atom is -0.429 e. The van der Waals surface area contributed by atoms with E-state index in [1.807, 2.05) is 18.5 Å². The molecule has 0 amide bonds. The third kappa shape index (κ3) is 4.53. The first-order valence-corrected chi connectivity index (χ1v) is 3.19. The lowest BCUT2D eigenvalue weighted by molar-refractivity contribution is 0.448. The lowest BCUT2D eigenvalue weighted by Gasteiger charge is -1.92. The standard InChI is InChI=1S/C7H9N.BH2O2/c1-6-3-4-8-5-7(6)2;2-1-3/h3-5H,1-2H3;2-3H. The third-order valence-electron chi connectivity index (χ3n) is 1.30. The van der Waals surface area contributed by atoms with E-state index in [1.165, 1.54) is 11.1 Å². The molecule has 0 aliphatic rings. The molecular weight excluding hydrogens is 141 g/mol. The average molecular weight is 152 g/mol. The van der Waals surface area contributed by atoms with Crippen LogP contribution in [0, 0.1) is 13.8 Å². The maximum Gasteiger partial charge on any atom is 0.482 e. The van der Waals surface area contributed by atoms with Gasteiger partial charge in [-0.05, 0) is 31.0 Å². The Balaban J connectivity index is 0.000000292. The monoisotopic (exact) mass is 152 g/mol. The van der Waals surface area contributed by atoms with Crippen molar-refractivity contribution in [2.45, 2.75) is 13.8 Å². The Labute approximate surface area is 67.0 Å². The first kappa shape index (κ1) is 10.1. The van der Waals surface area contributed by atoms with Gasteiger partial charge in [0.05, 0.1) is 0 Å². The zero-order chi connectivity index (χ0) is 8.69. The second-order valence-electron chi connectivity index (χ2n) is 2.08. The van der Waals surface area contributed by atoms with Crippen molar-refractivity contribution >= 4 is 7.69 Å². The Hall–Kier alpha value is -0.865. The van der Waals surface area contributed by atoms with E-state index in [4.69, 9.17) is 10.0 Å². The molecule has 0 bridgehead atoms. The summed E-state index contributed by atoms with van der Waals surface area (Å²) < 4.78 is 0. The average Bonchev–Trinajstić information content (AvgIpc) is 1.97. The molecule has 1 radical (unpaired) electrons. The van der Waals surface area contributed by atoms with Crippen LogP contribution in [0.15, 0.2) is 18.5 Å². The third-order valence-corrected chi connectivity index (χ3v) is 1.30. The summed E-state index contributed by atoms with van der Waals surface area (Å²) in [5, 5.41) is 14.0.